The van der Waals surface area contributed by atoms with Crippen LogP contribution in [0.2, 0.25) is 5.02 Å². The van der Waals surface area contributed by atoms with Gasteiger partial charge < -0.3 is 9.47 Å². The highest BCUT2D eigenvalue weighted by Crippen LogP contribution is 2.21. The van der Waals surface area contributed by atoms with Crippen molar-refractivity contribution in [1.82, 2.24) is 0 Å². The van der Waals surface area contributed by atoms with Crippen LogP contribution in [0.5, 0.6) is 5.75 Å². The van der Waals surface area contributed by atoms with E-state index in [9.17, 15) is 4.79 Å². The molecule has 22 heavy (non-hydrogen) atoms. The third-order valence-electron chi connectivity index (χ3n) is 3.11. The summed E-state index contributed by atoms with van der Waals surface area (Å²) in [5.74, 6) is 0.525. The number of hydrogen-bond donors (Lipinski definition) is 0. The van der Waals surface area contributed by atoms with Gasteiger partial charge in [-0.05, 0) is 42.0 Å². The van der Waals surface area contributed by atoms with Gasteiger partial charge in [-0.15, -0.1) is 0 Å². The van der Waals surface area contributed by atoms with E-state index in [0.29, 0.717) is 10.6 Å². The van der Waals surface area contributed by atoms with E-state index in [0.717, 1.165) is 11.3 Å². The van der Waals surface area contributed by atoms with Gasteiger partial charge in [0.05, 0.1) is 7.11 Å². The Balaban J connectivity index is 1.90. The first-order valence-electron chi connectivity index (χ1n) is 6.58. The number of methoxy groups -OCH3 is 1. The fourth-order valence-electron chi connectivity index (χ4n) is 2.01. The largest absolute Gasteiger partial charge is 0.497 e. The van der Waals surface area contributed by atoms with Gasteiger partial charge in [-0.1, -0.05) is 29.8 Å². The molecule has 1 heterocycles. The molecular formula is C17H12ClNO3. The van der Waals surface area contributed by atoms with Gasteiger partial charge in [-0.3, -0.25) is 0 Å². The normalized spacial score (nSPS) is 15.6. The van der Waals surface area contributed by atoms with Crippen LogP contribution in [-0.2, 0) is 9.53 Å². The lowest BCUT2D eigenvalue weighted by Gasteiger charge is -1.99. The molecule has 0 bridgehead atoms. The number of halogens is 1. The summed E-state index contributed by atoms with van der Waals surface area (Å²) in [5, 5.41) is 0.559. The lowest BCUT2D eigenvalue weighted by molar-refractivity contribution is -0.129. The molecule has 0 atom stereocenters. The zero-order chi connectivity index (χ0) is 15.5. The number of carbonyl (C=O) groups is 1. The van der Waals surface area contributed by atoms with Crippen molar-refractivity contribution in [3.63, 3.8) is 0 Å². The Morgan fingerprint density at radius 1 is 1.18 bits per heavy atom. The topological polar surface area (TPSA) is 47.9 Å². The van der Waals surface area contributed by atoms with E-state index in [1.54, 1.807) is 37.5 Å². The van der Waals surface area contributed by atoms with Crippen molar-refractivity contribution in [3.8, 4) is 5.75 Å². The number of carbonyl (C=O) groups excluding carboxylic acids is 1. The van der Waals surface area contributed by atoms with Gasteiger partial charge in [0.15, 0.2) is 5.70 Å². The summed E-state index contributed by atoms with van der Waals surface area (Å²) >= 11 is 5.93. The van der Waals surface area contributed by atoms with Gasteiger partial charge in [0.25, 0.3) is 0 Å². The van der Waals surface area contributed by atoms with Gasteiger partial charge in [0.2, 0.25) is 5.90 Å². The van der Waals surface area contributed by atoms with E-state index >= 15 is 0 Å². The Morgan fingerprint density at radius 2 is 1.95 bits per heavy atom. The number of hydrogen-bond acceptors (Lipinski definition) is 4. The fraction of sp³-hybridized carbons (Fsp3) is 0.0588. The van der Waals surface area contributed by atoms with Crippen LogP contribution < -0.4 is 4.74 Å². The van der Waals surface area contributed by atoms with Crippen molar-refractivity contribution in [2.75, 3.05) is 7.11 Å². The Hall–Kier alpha value is -2.59. The highest BCUT2D eigenvalue weighted by atomic mass is 35.5. The SMILES string of the molecule is COc1ccc(/C=C2/N=C(c3cccc(Cl)c3)OC2=O)cc1. The number of aliphatic imine (C=N–C) groups is 1. The molecule has 4 nitrogen and oxygen atoms in total. The fourth-order valence-corrected chi connectivity index (χ4v) is 2.20. The van der Waals surface area contributed by atoms with Crippen LogP contribution in [0, 0.1) is 0 Å². The summed E-state index contributed by atoms with van der Waals surface area (Å²) in [7, 11) is 1.60. The van der Waals surface area contributed by atoms with Crippen LogP contribution in [0.25, 0.3) is 6.08 Å². The Bertz CT molecular complexity index is 779. The van der Waals surface area contributed by atoms with Crippen LogP contribution in [0.4, 0.5) is 0 Å². The number of rotatable bonds is 3. The highest BCUT2D eigenvalue weighted by Gasteiger charge is 2.24. The van der Waals surface area contributed by atoms with Crippen LogP contribution in [0.3, 0.4) is 0 Å². The monoisotopic (exact) mass is 313 g/mol. The minimum Gasteiger partial charge on any atom is -0.497 e. The van der Waals surface area contributed by atoms with E-state index in [-0.39, 0.29) is 11.6 Å². The average Bonchev–Trinajstić information content (AvgIpc) is 2.89. The second-order valence-corrected chi connectivity index (χ2v) is 5.06. The molecule has 0 amide bonds. The van der Waals surface area contributed by atoms with Crippen LogP contribution in [0.15, 0.2) is 59.2 Å². The quantitative estimate of drug-likeness (QED) is 0.641. The first-order valence-corrected chi connectivity index (χ1v) is 6.96. The molecular weight excluding hydrogens is 302 g/mol. The minimum atomic E-state index is -0.481. The van der Waals surface area contributed by atoms with Crippen molar-refractivity contribution < 1.29 is 14.3 Å². The molecule has 0 aromatic heterocycles. The van der Waals surface area contributed by atoms with Gasteiger partial charge >= 0.3 is 5.97 Å². The summed E-state index contributed by atoms with van der Waals surface area (Å²) < 4.78 is 10.3. The molecule has 2 aromatic carbocycles. The summed E-state index contributed by atoms with van der Waals surface area (Å²) in [6.45, 7) is 0. The molecule has 0 fully saturated rings. The first kappa shape index (κ1) is 14.4. The number of cyclic esters (lactones) is 1. The lowest BCUT2D eigenvalue weighted by Crippen LogP contribution is -2.05. The lowest BCUT2D eigenvalue weighted by atomic mass is 10.2. The molecule has 0 radical (unpaired) electrons. The maximum atomic E-state index is 11.9. The van der Waals surface area contributed by atoms with Gasteiger partial charge in [-0.2, -0.15) is 0 Å². The second kappa shape index (κ2) is 6.03. The summed E-state index contributed by atoms with van der Waals surface area (Å²) in [6.07, 6.45) is 1.67. The maximum absolute atomic E-state index is 11.9. The number of esters is 1. The molecule has 0 spiro atoms. The van der Waals surface area contributed by atoms with Gasteiger partial charge in [0.1, 0.15) is 5.75 Å². The molecule has 2 aromatic rings. The van der Waals surface area contributed by atoms with E-state index in [1.165, 1.54) is 0 Å². The average molecular weight is 314 g/mol. The molecule has 0 saturated heterocycles. The van der Waals surface area contributed by atoms with Crippen molar-refractivity contribution in [2.24, 2.45) is 4.99 Å². The third kappa shape index (κ3) is 3.02. The predicted octanol–water partition coefficient (Wildman–Crippen LogP) is 3.69. The predicted molar refractivity (Wildman–Crippen MR) is 85.1 cm³/mol. The molecule has 1 aliphatic rings. The molecule has 1 aliphatic heterocycles. The highest BCUT2D eigenvalue weighted by molar-refractivity contribution is 6.31. The Labute approximate surface area is 132 Å². The third-order valence-corrected chi connectivity index (χ3v) is 3.35. The van der Waals surface area contributed by atoms with E-state index < -0.39 is 5.97 Å². The number of ether oxygens (including phenoxy) is 2. The standard InChI is InChI=1S/C17H12ClNO3/c1-21-14-7-5-11(6-8-14)9-15-17(20)22-16(19-15)12-3-2-4-13(18)10-12/h2-10H,1H3/b15-9+. The van der Waals surface area contributed by atoms with Gasteiger partial charge in [0, 0.05) is 10.6 Å². The van der Waals surface area contributed by atoms with E-state index in [2.05, 4.69) is 4.99 Å². The van der Waals surface area contributed by atoms with Crippen molar-refractivity contribution in [2.45, 2.75) is 0 Å². The zero-order valence-electron chi connectivity index (χ0n) is 11.7. The summed E-state index contributed by atoms with van der Waals surface area (Å²) in [6, 6.07) is 14.3. The molecule has 0 unspecified atom stereocenters. The van der Waals surface area contributed by atoms with E-state index in [1.807, 2.05) is 24.3 Å². The second-order valence-electron chi connectivity index (χ2n) is 4.62. The molecule has 0 aliphatic carbocycles. The number of benzene rings is 2. The maximum Gasteiger partial charge on any atom is 0.363 e. The molecule has 110 valence electrons. The molecule has 0 N–H and O–H groups in total. The zero-order valence-corrected chi connectivity index (χ0v) is 12.5. The molecule has 3 rings (SSSR count). The first-order chi connectivity index (χ1) is 10.7. The van der Waals surface area contributed by atoms with E-state index in [4.69, 9.17) is 21.1 Å². The smallest absolute Gasteiger partial charge is 0.363 e. The Kier molecular flexibility index (Phi) is 3.94. The number of nitrogens with zero attached hydrogens (tertiary/aromatic N) is 1. The summed E-state index contributed by atoms with van der Waals surface area (Å²) in [4.78, 5) is 16.1. The van der Waals surface area contributed by atoms with Crippen LogP contribution in [0.1, 0.15) is 11.1 Å². The molecule has 0 saturated carbocycles. The van der Waals surface area contributed by atoms with Crippen molar-refractivity contribution in [3.05, 3.63) is 70.4 Å². The minimum absolute atomic E-state index is 0.250. The van der Waals surface area contributed by atoms with Crippen molar-refractivity contribution >= 4 is 29.5 Å². The van der Waals surface area contributed by atoms with Crippen LogP contribution in [-0.4, -0.2) is 19.0 Å². The summed E-state index contributed by atoms with van der Waals surface area (Å²) in [5.41, 5.74) is 1.75. The van der Waals surface area contributed by atoms with Gasteiger partial charge in [-0.25, -0.2) is 9.79 Å². The van der Waals surface area contributed by atoms with Crippen LogP contribution >= 0.6 is 11.6 Å². The molecule has 5 heteroatoms. The van der Waals surface area contributed by atoms with Crippen molar-refractivity contribution in [1.29, 1.82) is 0 Å². The Morgan fingerprint density at radius 3 is 2.64 bits per heavy atom.